The molecule has 0 heterocycles. The van der Waals surface area contributed by atoms with Crippen molar-refractivity contribution in [2.75, 3.05) is 7.11 Å². The normalized spacial score (nSPS) is 14.5. The van der Waals surface area contributed by atoms with E-state index in [1.54, 1.807) is 6.07 Å². The highest BCUT2D eigenvalue weighted by atomic mass is 35.5. The molecule has 3 N–H and O–H groups in total. The molecular formula is C14H23ClFNO2. The lowest BCUT2D eigenvalue weighted by atomic mass is 9.83. The minimum absolute atomic E-state index is 0. The molecule has 0 unspecified atom stereocenters. The van der Waals surface area contributed by atoms with Crippen LogP contribution in [0.2, 0.25) is 0 Å². The molecule has 1 aromatic carbocycles. The van der Waals surface area contributed by atoms with Crippen molar-refractivity contribution in [3.05, 3.63) is 29.6 Å². The molecule has 0 saturated carbocycles. The van der Waals surface area contributed by atoms with E-state index in [0.717, 1.165) is 0 Å². The van der Waals surface area contributed by atoms with Crippen LogP contribution in [0.3, 0.4) is 0 Å². The Labute approximate surface area is 120 Å². The van der Waals surface area contributed by atoms with E-state index < -0.39 is 11.9 Å². The van der Waals surface area contributed by atoms with Gasteiger partial charge in [-0.15, -0.1) is 12.4 Å². The third kappa shape index (κ3) is 4.97. The van der Waals surface area contributed by atoms with Crippen LogP contribution in [0.25, 0.3) is 0 Å². The van der Waals surface area contributed by atoms with E-state index in [4.69, 9.17) is 10.5 Å². The summed E-state index contributed by atoms with van der Waals surface area (Å²) in [6.07, 6.45) is -0.572. The van der Waals surface area contributed by atoms with Gasteiger partial charge in [-0.2, -0.15) is 0 Å². The standard InChI is InChI=1S/C14H22FNO2.ClH/c1-14(2,3)13(16)8-12(17)10-6-5-9(18-4)7-11(10)15;/h5-7,12-13,17H,8,16H2,1-4H3;1H/t12-,13-;/m0./s1. The average Bonchev–Trinajstić information content (AvgIpc) is 2.27. The van der Waals surface area contributed by atoms with Crippen molar-refractivity contribution in [1.82, 2.24) is 0 Å². The summed E-state index contributed by atoms with van der Waals surface area (Å²) in [5, 5.41) is 10.0. The van der Waals surface area contributed by atoms with Gasteiger partial charge < -0.3 is 15.6 Å². The quantitative estimate of drug-likeness (QED) is 0.896. The lowest BCUT2D eigenvalue weighted by Gasteiger charge is -2.29. The number of ether oxygens (including phenoxy) is 1. The van der Waals surface area contributed by atoms with Crippen LogP contribution in [0.5, 0.6) is 5.75 Å². The molecule has 0 fully saturated rings. The molecular weight excluding hydrogens is 269 g/mol. The number of nitrogens with two attached hydrogens (primary N) is 1. The van der Waals surface area contributed by atoms with Crippen molar-refractivity contribution < 1.29 is 14.2 Å². The monoisotopic (exact) mass is 291 g/mol. The molecule has 0 aliphatic rings. The van der Waals surface area contributed by atoms with Gasteiger partial charge in [0.2, 0.25) is 0 Å². The van der Waals surface area contributed by atoms with Crippen molar-refractivity contribution >= 4 is 12.4 Å². The Balaban J connectivity index is 0.00000324. The van der Waals surface area contributed by atoms with Crippen LogP contribution in [0.1, 0.15) is 38.9 Å². The van der Waals surface area contributed by atoms with Crippen LogP contribution in [0, 0.1) is 11.2 Å². The zero-order valence-corrected chi connectivity index (χ0v) is 12.6. The van der Waals surface area contributed by atoms with Crippen LogP contribution in [-0.4, -0.2) is 18.3 Å². The molecule has 0 aliphatic heterocycles. The van der Waals surface area contributed by atoms with Crippen molar-refractivity contribution in [2.24, 2.45) is 11.1 Å². The van der Waals surface area contributed by atoms with E-state index in [2.05, 4.69) is 0 Å². The zero-order chi connectivity index (χ0) is 13.9. The van der Waals surface area contributed by atoms with E-state index >= 15 is 0 Å². The Morgan fingerprint density at radius 1 is 1.37 bits per heavy atom. The van der Waals surface area contributed by atoms with Crippen LogP contribution in [0.4, 0.5) is 4.39 Å². The SMILES string of the molecule is COc1ccc([C@@H](O)C[C@H](N)C(C)(C)C)c(F)c1.Cl. The summed E-state index contributed by atoms with van der Waals surface area (Å²) >= 11 is 0. The van der Waals surface area contributed by atoms with Gasteiger partial charge in [0, 0.05) is 17.7 Å². The number of halogens is 2. The number of hydrogen-bond donors (Lipinski definition) is 2. The Bertz CT molecular complexity index is 407. The Morgan fingerprint density at radius 2 is 1.95 bits per heavy atom. The van der Waals surface area contributed by atoms with Crippen molar-refractivity contribution in [2.45, 2.75) is 39.3 Å². The summed E-state index contributed by atoms with van der Waals surface area (Å²) in [5.41, 5.74) is 6.13. The van der Waals surface area contributed by atoms with E-state index in [1.165, 1.54) is 19.2 Å². The first-order valence-corrected chi connectivity index (χ1v) is 6.02. The molecule has 0 amide bonds. The molecule has 0 radical (unpaired) electrons. The van der Waals surface area contributed by atoms with Crippen molar-refractivity contribution in [3.8, 4) is 5.75 Å². The van der Waals surface area contributed by atoms with Gasteiger partial charge in [-0.1, -0.05) is 20.8 Å². The van der Waals surface area contributed by atoms with Crippen LogP contribution >= 0.6 is 12.4 Å². The third-order valence-corrected chi connectivity index (χ3v) is 3.16. The Morgan fingerprint density at radius 3 is 2.37 bits per heavy atom. The number of rotatable bonds is 4. The predicted octanol–water partition coefficient (Wildman–Crippen LogP) is 3.05. The van der Waals surface area contributed by atoms with Crippen molar-refractivity contribution in [1.29, 1.82) is 0 Å². The molecule has 1 rings (SSSR count). The topological polar surface area (TPSA) is 55.5 Å². The maximum absolute atomic E-state index is 13.8. The van der Waals surface area contributed by atoms with Crippen LogP contribution in [-0.2, 0) is 0 Å². The summed E-state index contributed by atoms with van der Waals surface area (Å²) in [4.78, 5) is 0. The predicted molar refractivity (Wildman–Crippen MR) is 77.2 cm³/mol. The van der Waals surface area contributed by atoms with Crippen LogP contribution < -0.4 is 10.5 Å². The second kappa shape index (κ2) is 7.08. The Hall–Kier alpha value is -0.840. The summed E-state index contributed by atoms with van der Waals surface area (Å²) in [7, 11) is 1.47. The molecule has 1 aromatic rings. The maximum Gasteiger partial charge on any atom is 0.132 e. The number of methoxy groups -OCH3 is 1. The average molecular weight is 292 g/mol. The molecule has 0 aliphatic carbocycles. The highest BCUT2D eigenvalue weighted by Gasteiger charge is 2.25. The molecule has 3 nitrogen and oxygen atoms in total. The molecule has 110 valence electrons. The number of hydrogen-bond acceptors (Lipinski definition) is 3. The lowest BCUT2D eigenvalue weighted by Crippen LogP contribution is -2.36. The van der Waals surface area contributed by atoms with Gasteiger partial charge in [-0.05, 0) is 24.0 Å². The van der Waals surface area contributed by atoms with Gasteiger partial charge in [0.25, 0.3) is 0 Å². The summed E-state index contributed by atoms with van der Waals surface area (Å²) in [5.74, 6) is -0.0356. The second-order valence-corrected chi connectivity index (χ2v) is 5.61. The Kier molecular flexibility index (Phi) is 6.77. The molecule has 0 bridgehead atoms. The van der Waals surface area contributed by atoms with E-state index in [0.29, 0.717) is 12.2 Å². The lowest BCUT2D eigenvalue weighted by molar-refractivity contribution is 0.130. The fraction of sp³-hybridized carbons (Fsp3) is 0.571. The number of aliphatic hydroxyl groups excluding tert-OH is 1. The minimum atomic E-state index is -0.898. The van der Waals surface area contributed by atoms with Crippen molar-refractivity contribution in [3.63, 3.8) is 0 Å². The molecule has 0 spiro atoms. The fourth-order valence-corrected chi connectivity index (χ4v) is 1.63. The summed E-state index contributed by atoms with van der Waals surface area (Å²) < 4.78 is 18.7. The van der Waals surface area contributed by atoms with Gasteiger partial charge in [0.05, 0.1) is 13.2 Å². The molecule has 0 saturated heterocycles. The first kappa shape index (κ1) is 18.2. The zero-order valence-electron chi connectivity index (χ0n) is 11.8. The number of aliphatic hydroxyl groups is 1. The molecule has 2 atom stereocenters. The van der Waals surface area contributed by atoms with Gasteiger partial charge in [-0.25, -0.2) is 4.39 Å². The largest absolute Gasteiger partial charge is 0.497 e. The van der Waals surface area contributed by atoms with Crippen LogP contribution in [0.15, 0.2) is 18.2 Å². The first-order valence-electron chi connectivity index (χ1n) is 6.02. The smallest absolute Gasteiger partial charge is 0.132 e. The van der Waals surface area contributed by atoms with E-state index in [9.17, 15) is 9.50 Å². The van der Waals surface area contributed by atoms with E-state index in [1.807, 2.05) is 20.8 Å². The molecule has 0 aromatic heterocycles. The summed E-state index contributed by atoms with van der Waals surface area (Å²) in [6.45, 7) is 5.98. The van der Waals surface area contributed by atoms with Gasteiger partial charge in [0.1, 0.15) is 11.6 Å². The first-order chi connectivity index (χ1) is 8.25. The molecule has 5 heteroatoms. The van der Waals surface area contributed by atoms with Gasteiger partial charge >= 0.3 is 0 Å². The summed E-state index contributed by atoms with van der Waals surface area (Å²) in [6, 6.07) is 4.23. The second-order valence-electron chi connectivity index (χ2n) is 5.61. The highest BCUT2D eigenvalue weighted by Crippen LogP contribution is 2.29. The minimum Gasteiger partial charge on any atom is -0.497 e. The fourth-order valence-electron chi connectivity index (χ4n) is 1.63. The highest BCUT2D eigenvalue weighted by molar-refractivity contribution is 5.85. The third-order valence-electron chi connectivity index (χ3n) is 3.16. The van der Waals surface area contributed by atoms with Gasteiger partial charge in [-0.3, -0.25) is 0 Å². The maximum atomic E-state index is 13.8. The number of benzene rings is 1. The molecule has 19 heavy (non-hydrogen) atoms. The van der Waals surface area contributed by atoms with Gasteiger partial charge in [0.15, 0.2) is 0 Å². The van der Waals surface area contributed by atoms with E-state index in [-0.39, 0.29) is 29.4 Å².